The summed E-state index contributed by atoms with van der Waals surface area (Å²) in [4.78, 5) is 25.6. The van der Waals surface area contributed by atoms with Crippen LogP contribution in [0.4, 0.5) is 0 Å². The lowest BCUT2D eigenvalue weighted by Crippen LogP contribution is -2.44. The molecule has 1 aliphatic carbocycles. The smallest absolute Gasteiger partial charge is 0.241 e. The fourth-order valence-electron chi connectivity index (χ4n) is 2.77. The van der Waals surface area contributed by atoms with Crippen molar-refractivity contribution in [2.45, 2.75) is 38.5 Å². The zero-order valence-electron chi connectivity index (χ0n) is 10.6. The van der Waals surface area contributed by atoms with Crippen LogP contribution in [0.2, 0.25) is 0 Å². The minimum Gasteiger partial charge on any atom is -0.346 e. The summed E-state index contributed by atoms with van der Waals surface area (Å²) in [6.07, 6.45) is 5.16. The molecule has 2 amide bonds. The van der Waals surface area contributed by atoms with Gasteiger partial charge in [-0.1, -0.05) is 12.8 Å². The summed E-state index contributed by atoms with van der Waals surface area (Å²) < 4.78 is 0. The zero-order valence-corrected chi connectivity index (χ0v) is 10.6. The van der Waals surface area contributed by atoms with E-state index >= 15 is 0 Å². The molecule has 1 N–H and O–H groups in total. The van der Waals surface area contributed by atoms with Crippen molar-refractivity contribution in [3.63, 3.8) is 0 Å². The second kappa shape index (κ2) is 5.38. The average molecular weight is 249 g/mol. The molecule has 0 bridgehead atoms. The maximum Gasteiger partial charge on any atom is 0.241 e. The molecule has 0 aromatic heterocycles. The second-order valence-corrected chi connectivity index (χ2v) is 5.17. The van der Waals surface area contributed by atoms with Crippen LogP contribution in [0.1, 0.15) is 38.5 Å². The number of hydrogen-bond donors (Lipinski definition) is 1. The molecule has 0 aromatic carbocycles. The molecule has 2 aliphatic rings. The SMILES string of the molecule is N#CC1(C(=O)NCC(=O)N2CCCC2)CCCC1. The van der Waals surface area contributed by atoms with E-state index in [0.717, 1.165) is 38.8 Å². The lowest BCUT2D eigenvalue weighted by Gasteiger charge is -2.20. The molecule has 1 heterocycles. The van der Waals surface area contributed by atoms with Crippen LogP contribution in [0.15, 0.2) is 0 Å². The fraction of sp³-hybridized carbons (Fsp3) is 0.769. The first-order valence-corrected chi connectivity index (χ1v) is 6.65. The molecule has 0 spiro atoms. The first-order chi connectivity index (χ1) is 8.68. The number of hydrogen-bond acceptors (Lipinski definition) is 3. The monoisotopic (exact) mass is 249 g/mol. The normalized spacial score (nSPS) is 21.6. The van der Waals surface area contributed by atoms with E-state index in [1.165, 1.54) is 0 Å². The molecule has 98 valence electrons. The van der Waals surface area contributed by atoms with Crippen molar-refractivity contribution >= 4 is 11.8 Å². The minimum absolute atomic E-state index is 0.0300. The van der Waals surface area contributed by atoms with E-state index in [1.807, 2.05) is 0 Å². The highest BCUT2D eigenvalue weighted by atomic mass is 16.2. The Bertz CT molecular complexity index is 374. The molecule has 1 aliphatic heterocycles. The number of carbonyl (C=O) groups excluding carboxylic acids is 2. The zero-order chi connectivity index (χ0) is 13.0. The van der Waals surface area contributed by atoms with Gasteiger partial charge < -0.3 is 10.2 Å². The Morgan fingerprint density at radius 3 is 2.33 bits per heavy atom. The molecule has 1 saturated carbocycles. The summed E-state index contributed by atoms with van der Waals surface area (Å²) in [5.41, 5.74) is -0.884. The number of nitrogens with zero attached hydrogens (tertiary/aromatic N) is 2. The van der Waals surface area contributed by atoms with Crippen LogP contribution in [0, 0.1) is 16.7 Å². The summed E-state index contributed by atoms with van der Waals surface area (Å²) in [5, 5.41) is 11.8. The molecule has 0 radical (unpaired) electrons. The van der Waals surface area contributed by atoms with E-state index in [-0.39, 0.29) is 18.4 Å². The first-order valence-electron chi connectivity index (χ1n) is 6.65. The number of nitriles is 1. The minimum atomic E-state index is -0.884. The van der Waals surface area contributed by atoms with Gasteiger partial charge in [-0.05, 0) is 25.7 Å². The maximum absolute atomic E-state index is 12.0. The van der Waals surface area contributed by atoms with E-state index in [1.54, 1.807) is 4.90 Å². The lowest BCUT2D eigenvalue weighted by molar-refractivity contribution is -0.134. The average Bonchev–Trinajstić information content (AvgIpc) is 3.06. The van der Waals surface area contributed by atoms with Crippen molar-refractivity contribution in [3.8, 4) is 6.07 Å². The van der Waals surface area contributed by atoms with Crippen molar-refractivity contribution in [1.82, 2.24) is 10.2 Å². The van der Waals surface area contributed by atoms with Gasteiger partial charge in [0.25, 0.3) is 0 Å². The molecular weight excluding hydrogens is 230 g/mol. The van der Waals surface area contributed by atoms with Gasteiger partial charge in [0, 0.05) is 13.1 Å². The van der Waals surface area contributed by atoms with Crippen molar-refractivity contribution in [2.75, 3.05) is 19.6 Å². The van der Waals surface area contributed by atoms with Gasteiger partial charge in [0.05, 0.1) is 12.6 Å². The van der Waals surface area contributed by atoms with Crippen LogP contribution in [0.3, 0.4) is 0 Å². The molecule has 5 nitrogen and oxygen atoms in total. The van der Waals surface area contributed by atoms with Gasteiger partial charge >= 0.3 is 0 Å². The van der Waals surface area contributed by atoms with Gasteiger partial charge in [0.15, 0.2) is 0 Å². The Kier molecular flexibility index (Phi) is 3.85. The van der Waals surface area contributed by atoms with Crippen LogP contribution in [-0.2, 0) is 9.59 Å². The second-order valence-electron chi connectivity index (χ2n) is 5.17. The van der Waals surface area contributed by atoms with Crippen molar-refractivity contribution in [3.05, 3.63) is 0 Å². The van der Waals surface area contributed by atoms with E-state index in [9.17, 15) is 9.59 Å². The topological polar surface area (TPSA) is 73.2 Å². The Labute approximate surface area is 107 Å². The number of rotatable bonds is 3. The van der Waals surface area contributed by atoms with Crippen molar-refractivity contribution in [1.29, 1.82) is 5.26 Å². The van der Waals surface area contributed by atoms with Gasteiger partial charge in [-0.2, -0.15) is 5.26 Å². The fourth-order valence-corrected chi connectivity index (χ4v) is 2.77. The quantitative estimate of drug-likeness (QED) is 0.804. The van der Waals surface area contributed by atoms with Gasteiger partial charge in [0.2, 0.25) is 11.8 Å². The summed E-state index contributed by atoms with van der Waals surface area (Å²) in [6, 6.07) is 2.13. The molecule has 0 atom stereocenters. The highest BCUT2D eigenvalue weighted by Gasteiger charge is 2.41. The summed E-state index contributed by atoms with van der Waals surface area (Å²) in [6.45, 7) is 1.61. The molecule has 1 saturated heterocycles. The van der Waals surface area contributed by atoms with E-state index in [4.69, 9.17) is 5.26 Å². The summed E-state index contributed by atoms with van der Waals surface area (Å²) in [5.74, 6) is -0.304. The van der Waals surface area contributed by atoms with E-state index < -0.39 is 5.41 Å². The van der Waals surface area contributed by atoms with Gasteiger partial charge in [0.1, 0.15) is 5.41 Å². The molecule has 0 aromatic rings. The number of likely N-dealkylation sites (tertiary alicyclic amines) is 1. The van der Waals surface area contributed by atoms with Crippen LogP contribution in [-0.4, -0.2) is 36.3 Å². The van der Waals surface area contributed by atoms with Gasteiger partial charge in [-0.15, -0.1) is 0 Å². The third-order valence-electron chi connectivity index (χ3n) is 3.96. The molecular formula is C13H19N3O2. The molecule has 2 rings (SSSR count). The van der Waals surface area contributed by atoms with Crippen molar-refractivity contribution < 1.29 is 9.59 Å². The third-order valence-corrected chi connectivity index (χ3v) is 3.96. The summed E-state index contributed by atoms with van der Waals surface area (Å²) >= 11 is 0. The largest absolute Gasteiger partial charge is 0.346 e. The van der Waals surface area contributed by atoms with Crippen molar-refractivity contribution in [2.24, 2.45) is 5.41 Å². The maximum atomic E-state index is 12.0. The number of amides is 2. The van der Waals surface area contributed by atoms with Gasteiger partial charge in [-0.3, -0.25) is 9.59 Å². The molecule has 0 unspecified atom stereocenters. The highest BCUT2D eigenvalue weighted by Crippen LogP contribution is 2.37. The standard InChI is InChI=1S/C13H19N3O2/c14-10-13(5-1-2-6-13)12(18)15-9-11(17)16-7-3-4-8-16/h1-9H2,(H,15,18). The van der Waals surface area contributed by atoms with Crippen LogP contribution < -0.4 is 5.32 Å². The Morgan fingerprint density at radius 2 is 1.78 bits per heavy atom. The Morgan fingerprint density at radius 1 is 1.17 bits per heavy atom. The van der Waals surface area contributed by atoms with Crippen LogP contribution in [0.5, 0.6) is 0 Å². The van der Waals surface area contributed by atoms with Crippen LogP contribution in [0.25, 0.3) is 0 Å². The van der Waals surface area contributed by atoms with E-state index in [0.29, 0.717) is 12.8 Å². The van der Waals surface area contributed by atoms with Gasteiger partial charge in [-0.25, -0.2) is 0 Å². The third kappa shape index (κ3) is 2.47. The Balaban J connectivity index is 1.84. The predicted octanol–water partition coefficient (Wildman–Crippen LogP) is 0.809. The summed E-state index contributed by atoms with van der Waals surface area (Å²) in [7, 11) is 0. The number of nitrogens with one attached hydrogen (secondary N) is 1. The highest BCUT2D eigenvalue weighted by molar-refractivity contribution is 5.89. The molecule has 5 heteroatoms. The lowest BCUT2D eigenvalue weighted by atomic mass is 9.87. The first kappa shape index (κ1) is 12.9. The predicted molar refractivity (Wildman–Crippen MR) is 65.3 cm³/mol. The van der Waals surface area contributed by atoms with E-state index in [2.05, 4.69) is 11.4 Å². The molecule has 2 fully saturated rings. The van der Waals surface area contributed by atoms with Crippen LogP contribution >= 0.6 is 0 Å². The molecule has 18 heavy (non-hydrogen) atoms. The Hall–Kier alpha value is -1.57. The number of carbonyl (C=O) groups is 2.